The van der Waals surface area contributed by atoms with Crippen LogP contribution >= 0.6 is 0 Å². The second kappa shape index (κ2) is 8.17. The van der Waals surface area contributed by atoms with Gasteiger partial charge in [-0.25, -0.2) is 9.97 Å². The van der Waals surface area contributed by atoms with Gasteiger partial charge in [-0.3, -0.25) is 0 Å². The van der Waals surface area contributed by atoms with Gasteiger partial charge in [0, 0.05) is 25.6 Å². The highest BCUT2D eigenvalue weighted by molar-refractivity contribution is 5.49. The number of nitrogens with zero attached hydrogens (tertiary/aromatic N) is 4. The standard InChI is InChI=1S/C15H28N4O/c1-6-7-19(9-8-18(4)5)14-10-16-15(12(2)3)17-13(14)11-20/h10,12,20H,6-9,11H2,1-5H3. The average Bonchev–Trinajstić information content (AvgIpc) is 2.42. The van der Waals surface area contributed by atoms with Crippen LogP contribution < -0.4 is 4.90 Å². The van der Waals surface area contributed by atoms with Crippen molar-refractivity contribution >= 4 is 5.69 Å². The highest BCUT2D eigenvalue weighted by Gasteiger charge is 2.14. The van der Waals surface area contributed by atoms with Crippen molar-refractivity contribution < 1.29 is 5.11 Å². The van der Waals surface area contributed by atoms with Crippen LogP contribution in [0.2, 0.25) is 0 Å². The molecule has 1 rings (SSSR count). The molecule has 1 heterocycles. The van der Waals surface area contributed by atoms with Gasteiger partial charge in [0.15, 0.2) is 0 Å². The van der Waals surface area contributed by atoms with Gasteiger partial charge in [-0.15, -0.1) is 0 Å². The SMILES string of the molecule is CCCN(CCN(C)C)c1cnc(C(C)C)nc1CO. The van der Waals surface area contributed by atoms with Crippen molar-refractivity contribution in [1.82, 2.24) is 14.9 Å². The predicted molar refractivity (Wildman–Crippen MR) is 83.1 cm³/mol. The molecule has 0 spiro atoms. The molecule has 0 atom stereocenters. The van der Waals surface area contributed by atoms with Crippen molar-refractivity contribution in [3.8, 4) is 0 Å². The van der Waals surface area contributed by atoms with E-state index in [0.717, 1.165) is 43.3 Å². The van der Waals surface area contributed by atoms with E-state index in [-0.39, 0.29) is 12.5 Å². The largest absolute Gasteiger partial charge is 0.390 e. The molecule has 0 aliphatic carbocycles. The molecule has 1 N–H and O–H groups in total. The van der Waals surface area contributed by atoms with E-state index in [2.05, 4.69) is 54.6 Å². The van der Waals surface area contributed by atoms with E-state index >= 15 is 0 Å². The van der Waals surface area contributed by atoms with Crippen LogP contribution in [0.3, 0.4) is 0 Å². The number of rotatable bonds is 8. The van der Waals surface area contributed by atoms with Crippen molar-refractivity contribution in [3.63, 3.8) is 0 Å². The molecule has 0 radical (unpaired) electrons. The van der Waals surface area contributed by atoms with Crippen molar-refractivity contribution in [2.45, 2.75) is 39.7 Å². The number of hydrogen-bond donors (Lipinski definition) is 1. The molecule has 0 saturated heterocycles. The van der Waals surface area contributed by atoms with Crippen LogP contribution in [-0.2, 0) is 6.61 Å². The van der Waals surface area contributed by atoms with E-state index < -0.39 is 0 Å². The Labute approximate surface area is 122 Å². The second-order valence-corrected chi connectivity index (χ2v) is 5.66. The van der Waals surface area contributed by atoms with Crippen molar-refractivity contribution in [2.24, 2.45) is 0 Å². The molecule has 0 bridgehead atoms. The zero-order chi connectivity index (χ0) is 15.1. The van der Waals surface area contributed by atoms with Gasteiger partial charge < -0.3 is 14.9 Å². The van der Waals surface area contributed by atoms with Crippen LogP contribution in [0.5, 0.6) is 0 Å². The molecular weight excluding hydrogens is 252 g/mol. The van der Waals surface area contributed by atoms with Gasteiger partial charge in [0.2, 0.25) is 0 Å². The molecule has 0 aliphatic heterocycles. The van der Waals surface area contributed by atoms with Crippen molar-refractivity contribution in [1.29, 1.82) is 0 Å². The molecule has 114 valence electrons. The number of anilines is 1. The molecule has 0 aliphatic rings. The molecule has 0 amide bonds. The van der Waals surface area contributed by atoms with E-state index in [0.29, 0.717) is 0 Å². The first-order chi connectivity index (χ1) is 9.49. The number of aliphatic hydroxyl groups excluding tert-OH is 1. The van der Waals surface area contributed by atoms with E-state index in [1.807, 2.05) is 6.20 Å². The molecule has 20 heavy (non-hydrogen) atoms. The summed E-state index contributed by atoms with van der Waals surface area (Å²) in [5.41, 5.74) is 1.69. The lowest BCUT2D eigenvalue weighted by Crippen LogP contribution is -2.33. The van der Waals surface area contributed by atoms with Gasteiger partial charge in [0.1, 0.15) is 5.82 Å². The zero-order valence-corrected chi connectivity index (χ0v) is 13.4. The van der Waals surface area contributed by atoms with E-state index in [4.69, 9.17) is 0 Å². The summed E-state index contributed by atoms with van der Waals surface area (Å²) in [6.07, 6.45) is 2.92. The highest BCUT2D eigenvalue weighted by Crippen LogP contribution is 2.20. The summed E-state index contributed by atoms with van der Waals surface area (Å²) < 4.78 is 0. The normalized spacial score (nSPS) is 11.4. The van der Waals surface area contributed by atoms with Gasteiger partial charge in [0.05, 0.1) is 24.2 Å². The Bertz CT molecular complexity index is 407. The Kier molecular flexibility index (Phi) is 6.88. The van der Waals surface area contributed by atoms with Crippen molar-refractivity contribution in [3.05, 3.63) is 17.7 Å². The van der Waals surface area contributed by atoms with Gasteiger partial charge in [0.25, 0.3) is 0 Å². The summed E-state index contributed by atoms with van der Waals surface area (Å²) in [6, 6.07) is 0. The third kappa shape index (κ3) is 4.72. The first-order valence-corrected chi connectivity index (χ1v) is 7.35. The van der Waals surface area contributed by atoms with Crippen LogP contribution in [0.4, 0.5) is 5.69 Å². The quantitative estimate of drug-likeness (QED) is 0.788. The van der Waals surface area contributed by atoms with Crippen LogP contribution in [0.1, 0.15) is 44.6 Å². The summed E-state index contributed by atoms with van der Waals surface area (Å²) >= 11 is 0. The van der Waals surface area contributed by atoms with Gasteiger partial charge in [-0.2, -0.15) is 0 Å². The molecule has 1 aromatic heterocycles. The van der Waals surface area contributed by atoms with Gasteiger partial charge >= 0.3 is 0 Å². The molecule has 0 unspecified atom stereocenters. The van der Waals surface area contributed by atoms with Gasteiger partial charge in [-0.1, -0.05) is 20.8 Å². The lowest BCUT2D eigenvalue weighted by Gasteiger charge is -2.27. The van der Waals surface area contributed by atoms with Gasteiger partial charge in [-0.05, 0) is 20.5 Å². The summed E-state index contributed by atoms with van der Waals surface area (Å²) in [5, 5.41) is 9.59. The Hall–Kier alpha value is -1.20. The Morgan fingerprint density at radius 1 is 1.20 bits per heavy atom. The molecule has 0 aromatic carbocycles. The monoisotopic (exact) mass is 280 g/mol. The number of likely N-dealkylation sites (N-methyl/N-ethyl adjacent to an activating group) is 1. The minimum Gasteiger partial charge on any atom is -0.390 e. The maximum absolute atomic E-state index is 9.59. The fourth-order valence-corrected chi connectivity index (χ4v) is 2.03. The topological polar surface area (TPSA) is 52.5 Å². The minimum absolute atomic E-state index is 0.0419. The maximum Gasteiger partial charge on any atom is 0.131 e. The van der Waals surface area contributed by atoms with Crippen molar-refractivity contribution in [2.75, 3.05) is 38.6 Å². The lowest BCUT2D eigenvalue weighted by atomic mass is 10.2. The minimum atomic E-state index is -0.0419. The smallest absolute Gasteiger partial charge is 0.131 e. The molecule has 0 fully saturated rings. The number of aliphatic hydroxyl groups is 1. The highest BCUT2D eigenvalue weighted by atomic mass is 16.3. The second-order valence-electron chi connectivity index (χ2n) is 5.66. The summed E-state index contributed by atoms with van der Waals surface area (Å²) in [4.78, 5) is 13.4. The number of hydrogen-bond acceptors (Lipinski definition) is 5. The molecule has 0 saturated carbocycles. The van der Waals surface area contributed by atoms with E-state index in [1.165, 1.54) is 0 Å². The van der Waals surface area contributed by atoms with Crippen LogP contribution in [-0.4, -0.2) is 53.7 Å². The third-order valence-electron chi connectivity index (χ3n) is 3.18. The van der Waals surface area contributed by atoms with Crippen LogP contribution in [0, 0.1) is 0 Å². The molecular formula is C15H28N4O. The first kappa shape index (κ1) is 16.9. The third-order valence-corrected chi connectivity index (χ3v) is 3.18. The maximum atomic E-state index is 9.59. The van der Waals surface area contributed by atoms with E-state index in [9.17, 15) is 5.11 Å². The lowest BCUT2D eigenvalue weighted by molar-refractivity contribution is 0.276. The predicted octanol–water partition coefficient (Wildman–Crippen LogP) is 1.87. The Morgan fingerprint density at radius 2 is 1.90 bits per heavy atom. The first-order valence-electron chi connectivity index (χ1n) is 7.35. The molecule has 1 aromatic rings. The Balaban J connectivity index is 2.99. The fourth-order valence-electron chi connectivity index (χ4n) is 2.03. The molecule has 5 heteroatoms. The van der Waals surface area contributed by atoms with Crippen LogP contribution in [0.15, 0.2) is 6.20 Å². The molecule has 5 nitrogen and oxygen atoms in total. The Morgan fingerprint density at radius 3 is 2.40 bits per heavy atom. The summed E-state index contributed by atoms with van der Waals surface area (Å²) in [7, 11) is 4.13. The summed E-state index contributed by atoms with van der Waals surface area (Å²) in [6.45, 7) is 9.07. The zero-order valence-electron chi connectivity index (χ0n) is 13.4. The van der Waals surface area contributed by atoms with Crippen LogP contribution in [0.25, 0.3) is 0 Å². The fraction of sp³-hybridized carbons (Fsp3) is 0.733. The summed E-state index contributed by atoms with van der Waals surface area (Å²) in [5.74, 6) is 1.07. The average molecular weight is 280 g/mol. The van der Waals surface area contributed by atoms with E-state index in [1.54, 1.807) is 0 Å². The number of aromatic nitrogens is 2.